The Labute approximate surface area is 104 Å². The molecule has 0 spiro atoms. The molecule has 0 bridgehead atoms. The lowest BCUT2D eigenvalue weighted by atomic mass is 10.1. The molecule has 0 aliphatic heterocycles. The number of ketones is 1. The molecule has 0 aliphatic rings. The summed E-state index contributed by atoms with van der Waals surface area (Å²) in [5.41, 5.74) is 3.56. The molecule has 1 aromatic heterocycles. The van der Waals surface area contributed by atoms with Crippen molar-refractivity contribution in [2.75, 3.05) is 0 Å². The number of carbonyl (C=O) groups excluding carboxylic acids is 1. The van der Waals surface area contributed by atoms with Crippen LogP contribution in [0.1, 0.15) is 20.9 Å². The molecule has 0 amide bonds. The van der Waals surface area contributed by atoms with Crippen LogP contribution in [-0.4, -0.2) is 10.9 Å². The van der Waals surface area contributed by atoms with Gasteiger partial charge in [-0.2, -0.15) is 4.57 Å². The third kappa shape index (κ3) is 2.60. The summed E-state index contributed by atoms with van der Waals surface area (Å²) in [6, 6.07) is 9.24. The summed E-state index contributed by atoms with van der Waals surface area (Å²) >= 11 is 1.47. The van der Waals surface area contributed by atoms with Crippen LogP contribution in [-0.2, 0) is 13.2 Å². The van der Waals surface area contributed by atoms with Crippen LogP contribution in [0.25, 0.3) is 0 Å². The molecule has 4 heteroatoms. The van der Waals surface area contributed by atoms with Crippen LogP contribution >= 0.6 is 11.3 Å². The topological polar surface area (TPSA) is 41.2 Å². The van der Waals surface area contributed by atoms with Gasteiger partial charge in [-0.05, 0) is 0 Å². The number of benzene rings is 1. The van der Waals surface area contributed by atoms with E-state index in [4.69, 9.17) is 5.11 Å². The second-order valence-corrected chi connectivity index (χ2v) is 4.75. The van der Waals surface area contributed by atoms with E-state index in [0.717, 1.165) is 16.1 Å². The van der Waals surface area contributed by atoms with E-state index in [1.54, 1.807) is 0 Å². The van der Waals surface area contributed by atoms with Gasteiger partial charge in [0.2, 0.25) is 17.8 Å². The molecule has 0 radical (unpaired) electrons. The Morgan fingerprint density at radius 2 is 2.06 bits per heavy atom. The molecule has 1 N–H and O–H groups in total. The summed E-state index contributed by atoms with van der Waals surface area (Å²) in [4.78, 5) is 12.9. The highest BCUT2D eigenvalue weighted by atomic mass is 32.1. The minimum absolute atomic E-state index is 0.0308. The lowest BCUT2D eigenvalue weighted by molar-refractivity contribution is -0.684. The molecule has 88 valence electrons. The number of aliphatic hydroxyl groups excluding tert-OH is 1. The van der Waals surface area contributed by atoms with Gasteiger partial charge in [-0.15, -0.1) is 0 Å². The van der Waals surface area contributed by atoms with E-state index in [1.807, 2.05) is 47.3 Å². The zero-order chi connectivity index (χ0) is 12.3. The predicted octanol–water partition coefficient (Wildman–Crippen LogP) is 1.72. The Hall–Kier alpha value is -1.52. The van der Waals surface area contributed by atoms with Crippen molar-refractivity contribution in [3.05, 3.63) is 52.0 Å². The van der Waals surface area contributed by atoms with Crippen LogP contribution in [0.3, 0.4) is 0 Å². The summed E-state index contributed by atoms with van der Waals surface area (Å²) in [6.45, 7) is 2.27. The Balaban J connectivity index is 2.16. The van der Waals surface area contributed by atoms with Crippen molar-refractivity contribution >= 4 is 17.1 Å². The van der Waals surface area contributed by atoms with Crippen LogP contribution in [0.4, 0.5) is 0 Å². The van der Waals surface area contributed by atoms with Gasteiger partial charge in [-0.3, -0.25) is 4.79 Å². The number of aliphatic hydroxyl groups is 1. The number of thiazole rings is 1. The smallest absolute Gasteiger partial charge is 0.227 e. The van der Waals surface area contributed by atoms with Gasteiger partial charge in [0, 0.05) is 12.5 Å². The molecule has 0 atom stereocenters. The SMILES string of the molecule is Cc1c(CO)sc[n+]1CC(=O)c1ccccc1. The Morgan fingerprint density at radius 3 is 2.65 bits per heavy atom. The van der Waals surface area contributed by atoms with Gasteiger partial charge in [-0.25, -0.2) is 0 Å². The Morgan fingerprint density at radius 1 is 1.35 bits per heavy atom. The second-order valence-electron chi connectivity index (χ2n) is 3.81. The fraction of sp³-hybridized carbons (Fsp3) is 0.231. The maximum atomic E-state index is 12.0. The van der Waals surface area contributed by atoms with Gasteiger partial charge in [0.25, 0.3) is 0 Å². The summed E-state index contributed by atoms with van der Waals surface area (Å²) in [5.74, 6) is 0.0842. The fourth-order valence-electron chi connectivity index (χ4n) is 1.63. The Kier molecular flexibility index (Phi) is 3.66. The average molecular weight is 248 g/mol. The lowest BCUT2D eigenvalue weighted by Crippen LogP contribution is -2.38. The van der Waals surface area contributed by atoms with Gasteiger partial charge in [0.15, 0.2) is 5.69 Å². The molecule has 0 saturated carbocycles. The molecule has 2 aromatic rings. The number of nitrogens with zero attached hydrogens (tertiary/aromatic N) is 1. The summed E-state index contributed by atoms with van der Waals surface area (Å²) in [6.07, 6.45) is 0. The first kappa shape index (κ1) is 12.0. The van der Waals surface area contributed by atoms with E-state index in [9.17, 15) is 4.79 Å². The standard InChI is InChI=1S/C13H14NO2S/c1-10-13(8-15)17-9-14(10)7-12(16)11-5-3-2-4-6-11/h2-6,9,15H,7-8H2,1H3/q+1. The molecule has 1 heterocycles. The van der Waals surface area contributed by atoms with Gasteiger partial charge in [0.1, 0.15) is 4.88 Å². The molecule has 1 aromatic carbocycles. The molecule has 0 unspecified atom stereocenters. The van der Waals surface area contributed by atoms with Crippen molar-refractivity contribution in [3.8, 4) is 0 Å². The van der Waals surface area contributed by atoms with Crippen molar-refractivity contribution in [1.29, 1.82) is 0 Å². The molecular formula is C13H14NO2S+. The zero-order valence-electron chi connectivity index (χ0n) is 9.59. The first-order valence-electron chi connectivity index (χ1n) is 5.38. The molecule has 17 heavy (non-hydrogen) atoms. The van der Waals surface area contributed by atoms with E-state index in [0.29, 0.717) is 6.54 Å². The first-order valence-corrected chi connectivity index (χ1v) is 6.26. The summed E-state index contributed by atoms with van der Waals surface area (Å²) < 4.78 is 1.88. The molecule has 3 nitrogen and oxygen atoms in total. The third-order valence-corrected chi connectivity index (χ3v) is 3.78. The number of aromatic nitrogens is 1. The molecular weight excluding hydrogens is 234 g/mol. The lowest BCUT2D eigenvalue weighted by Gasteiger charge is -1.97. The number of Topliss-reactive ketones (excluding diaryl/α,β-unsaturated/α-hetero) is 1. The molecule has 2 rings (SSSR count). The normalized spacial score (nSPS) is 10.5. The molecule has 0 aliphatic carbocycles. The summed E-state index contributed by atoms with van der Waals surface area (Å²) in [5, 5.41) is 9.10. The molecule has 0 fully saturated rings. The summed E-state index contributed by atoms with van der Waals surface area (Å²) in [7, 11) is 0. The second kappa shape index (κ2) is 5.21. The van der Waals surface area contributed by atoms with Crippen molar-refractivity contribution in [3.63, 3.8) is 0 Å². The van der Waals surface area contributed by atoms with Crippen LogP contribution in [0.5, 0.6) is 0 Å². The van der Waals surface area contributed by atoms with E-state index in [2.05, 4.69) is 0 Å². The van der Waals surface area contributed by atoms with Crippen LogP contribution in [0.2, 0.25) is 0 Å². The van der Waals surface area contributed by atoms with Gasteiger partial charge in [0.05, 0.1) is 6.61 Å². The fourth-order valence-corrected chi connectivity index (χ4v) is 2.48. The van der Waals surface area contributed by atoms with E-state index < -0.39 is 0 Å². The molecule has 0 saturated heterocycles. The van der Waals surface area contributed by atoms with Crippen molar-refractivity contribution in [2.45, 2.75) is 20.1 Å². The highest BCUT2D eigenvalue weighted by Gasteiger charge is 2.18. The van der Waals surface area contributed by atoms with Crippen molar-refractivity contribution in [1.82, 2.24) is 0 Å². The largest absolute Gasteiger partial charge is 0.391 e. The van der Waals surface area contributed by atoms with Crippen LogP contribution in [0, 0.1) is 6.92 Å². The number of hydrogen-bond donors (Lipinski definition) is 1. The number of carbonyl (C=O) groups is 1. The van der Waals surface area contributed by atoms with E-state index in [1.165, 1.54) is 11.3 Å². The highest BCUT2D eigenvalue weighted by molar-refractivity contribution is 7.09. The van der Waals surface area contributed by atoms with E-state index in [-0.39, 0.29) is 12.4 Å². The predicted molar refractivity (Wildman–Crippen MR) is 65.9 cm³/mol. The monoisotopic (exact) mass is 248 g/mol. The van der Waals surface area contributed by atoms with Gasteiger partial charge >= 0.3 is 0 Å². The number of rotatable bonds is 4. The van der Waals surface area contributed by atoms with Gasteiger partial charge < -0.3 is 5.11 Å². The Bertz CT molecular complexity index is 519. The number of hydrogen-bond acceptors (Lipinski definition) is 3. The average Bonchev–Trinajstić information content (AvgIpc) is 2.71. The first-order chi connectivity index (χ1) is 8.22. The maximum Gasteiger partial charge on any atom is 0.227 e. The third-order valence-electron chi connectivity index (χ3n) is 2.71. The van der Waals surface area contributed by atoms with Crippen LogP contribution in [0.15, 0.2) is 35.8 Å². The van der Waals surface area contributed by atoms with E-state index >= 15 is 0 Å². The highest BCUT2D eigenvalue weighted by Crippen LogP contribution is 2.10. The zero-order valence-corrected chi connectivity index (χ0v) is 10.4. The minimum atomic E-state index is 0.0308. The minimum Gasteiger partial charge on any atom is -0.391 e. The van der Waals surface area contributed by atoms with Crippen molar-refractivity contribution in [2.24, 2.45) is 0 Å². The van der Waals surface area contributed by atoms with Gasteiger partial charge in [-0.1, -0.05) is 41.7 Å². The maximum absolute atomic E-state index is 12.0. The quantitative estimate of drug-likeness (QED) is 0.661. The van der Waals surface area contributed by atoms with Crippen LogP contribution < -0.4 is 4.57 Å². The van der Waals surface area contributed by atoms with Crippen molar-refractivity contribution < 1.29 is 14.5 Å².